The highest BCUT2D eigenvalue weighted by atomic mass is 79.9. The van der Waals surface area contributed by atoms with Crippen molar-refractivity contribution in [2.24, 2.45) is 0 Å². The van der Waals surface area contributed by atoms with Gasteiger partial charge in [-0.3, -0.25) is 13.9 Å². The fourth-order valence-electron chi connectivity index (χ4n) is 4.12. The zero-order valence-electron chi connectivity index (χ0n) is 24.1. The van der Waals surface area contributed by atoms with Crippen LogP contribution in [0.3, 0.4) is 0 Å². The smallest absolute Gasteiger partial charge is 0.264 e. The number of methoxy groups -OCH3 is 2. The van der Waals surface area contributed by atoms with E-state index in [1.807, 2.05) is 32.0 Å². The number of anilines is 1. The van der Waals surface area contributed by atoms with Gasteiger partial charge in [0.15, 0.2) is 11.5 Å². The first kappa shape index (κ1) is 32.9. The summed E-state index contributed by atoms with van der Waals surface area (Å²) < 4.78 is 54.0. The van der Waals surface area contributed by atoms with Crippen LogP contribution in [0.4, 0.5) is 10.1 Å². The molecule has 0 saturated heterocycles. The molecule has 0 saturated carbocycles. The van der Waals surface area contributed by atoms with Gasteiger partial charge in [0.2, 0.25) is 11.8 Å². The van der Waals surface area contributed by atoms with Crippen molar-refractivity contribution in [2.75, 3.05) is 25.1 Å². The number of halogens is 2. The van der Waals surface area contributed by atoms with Crippen LogP contribution in [0, 0.1) is 5.82 Å². The quantitative estimate of drug-likeness (QED) is 0.272. The SMILES string of the molecule is CC[C@H](C)NC(=O)[C@@H](C)N(Cc1cccc(Br)c1)C(=O)CN(c1ccc(F)cc1)S(=O)(=O)c1ccc(OC)c(OC)c1. The Balaban J connectivity index is 2.06. The van der Waals surface area contributed by atoms with Crippen molar-refractivity contribution in [3.05, 3.63) is 82.6 Å². The number of rotatable bonds is 13. The number of ether oxygens (including phenoxy) is 2. The summed E-state index contributed by atoms with van der Waals surface area (Å²) in [4.78, 5) is 28.3. The predicted octanol–water partition coefficient (Wildman–Crippen LogP) is 5.13. The maximum atomic E-state index is 14.0. The molecule has 0 heterocycles. The summed E-state index contributed by atoms with van der Waals surface area (Å²) >= 11 is 3.43. The first-order valence-electron chi connectivity index (χ1n) is 13.3. The molecule has 42 heavy (non-hydrogen) atoms. The Hall–Kier alpha value is -3.64. The maximum Gasteiger partial charge on any atom is 0.264 e. The number of sulfonamides is 1. The fourth-order valence-corrected chi connectivity index (χ4v) is 6.00. The van der Waals surface area contributed by atoms with Crippen molar-refractivity contribution in [1.82, 2.24) is 10.2 Å². The van der Waals surface area contributed by atoms with Gasteiger partial charge < -0.3 is 19.7 Å². The third-order valence-electron chi connectivity index (χ3n) is 6.75. The van der Waals surface area contributed by atoms with E-state index in [0.29, 0.717) is 12.2 Å². The highest BCUT2D eigenvalue weighted by molar-refractivity contribution is 9.10. The van der Waals surface area contributed by atoms with Crippen molar-refractivity contribution < 1.29 is 31.9 Å². The molecule has 9 nitrogen and oxygen atoms in total. The third kappa shape index (κ3) is 8.01. The van der Waals surface area contributed by atoms with Crippen LogP contribution in [0.2, 0.25) is 0 Å². The second-order valence-corrected chi connectivity index (χ2v) is 12.4. The largest absolute Gasteiger partial charge is 0.493 e. The number of amides is 2. The first-order valence-corrected chi connectivity index (χ1v) is 15.5. The van der Waals surface area contributed by atoms with E-state index in [1.54, 1.807) is 13.0 Å². The van der Waals surface area contributed by atoms with E-state index in [0.717, 1.165) is 26.5 Å². The fraction of sp³-hybridized carbons (Fsp3) is 0.333. The van der Waals surface area contributed by atoms with E-state index in [2.05, 4.69) is 21.2 Å². The summed E-state index contributed by atoms with van der Waals surface area (Å²) in [7, 11) is -1.58. The van der Waals surface area contributed by atoms with E-state index >= 15 is 0 Å². The lowest BCUT2D eigenvalue weighted by molar-refractivity contribution is -0.139. The van der Waals surface area contributed by atoms with E-state index in [-0.39, 0.29) is 34.8 Å². The minimum atomic E-state index is -4.38. The number of hydrogen-bond acceptors (Lipinski definition) is 6. The molecule has 12 heteroatoms. The van der Waals surface area contributed by atoms with Crippen molar-refractivity contribution >= 4 is 43.5 Å². The van der Waals surface area contributed by atoms with Crippen LogP contribution in [-0.2, 0) is 26.2 Å². The van der Waals surface area contributed by atoms with Crippen molar-refractivity contribution in [1.29, 1.82) is 0 Å². The van der Waals surface area contributed by atoms with E-state index in [9.17, 15) is 22.4 Å². The lowest BCUT2D eigenvalue weighted by Gasteiger charge is -2.32. The lowest BCUT2D eigenvalue weighted by atomic mass is 10.1. The average Bonchev–Trinajstić information content (AvgIpc) is 2.98. The van der Waals surface area contributed by atoms with Crippen LogP contribution in [0.1, 0.15) is 32.8 Å². The van der Waals surface area contributed by atoms with Crippen LogP contribution in [0.25, 0.3) is 0 Å². The van der Waals surface area contributed by atoms with Gasteiger partial charge in [-0.25, -0.2) is 12.8 Å². The normalized spacial score (nSPS) is 12.6. The zero-order chi connectivity index (χ0) is 31.0. The van der Waals surface area contributed by atoms with Gasteiger partial charge in [0, 0.05) is 23.1 Å². The molecule has 0 aromatic heterocycles. The predicted molar refractivity (Wildman–Crippen MR) is 163 cm³/mol. The Labute approximate surface area is 254 Å². The Morgan fingerprint density at radius 2 is 1.64 bits per heavy atom. The lowest BCUT2D eigenvalue weighted by Crippen LogP contribution is -2.52. The minimum absolute atomic E-state index is 0.0427. The van der Waals surface area contributed by atoms with Gasteiger partial charge in [-0.05, 0) is 74.4 Å². The Bertz CT molecular complexity index is 1500. The molecular weight excluding hydrogens is 629 g/mol. The van der Waals surface area contributed by atoms with Gasteiger partial charge >= 0.3 is 0 Å². The molecule has 3 aromatic carbocycles. The molecule has 226 valence electrons. The van der Waals surface area contributed by atoms with Gasteiger partial charge in [-0.2, -0.15) is 0 Å². The molecule has 0 fully saturated rings. The molecule has 2 atom stereocenters. The van der Waals surface area contributed by atoms with Gasteiger partial charge in [0.25, 0.3) is 10.0 Å². The minimum Gasteiger partial charge on any atom is -0.493 e. The number of carbonyl (C=O) groups is 2. The number of benzene rings is 3. The molecule has 3 rings (SSSR count). The van der Waals surface area contributed by atoms with E-state index in [1.165, 1.54) is 49.5 Å². The van der Waals surface area contributed by atoms with Crippen LogP contribution >= 0.6 is 15.9 Å². The van der Waals surface area contributed by atoms with Crippen LogP contribution < -0.4 is 19.1 Å². The van der Waals surface area contributed by atoms with Gasteiger partial charge in [0.1, 0.15) is 18.4 Å². The van der Waals surface area contributed by atoms with E-state index in [4.69, 9.17) is 9.47 Å². The maximum absolute atomic E-state index is 14.0. The number of hydrogen-bond donors (Lipinski definition) is 1. The summed E-state index contributed by atoms with van der Waals surface area (Å²) in [5, 5.41) is 2.89. The summed E-state index contributed by atoms with van der Waals surface area (Å²) in [5.74, 6) is -1.07. The summed E-state index contributed by atoms with van der Waals surface area (Å²) in [6.45, 7) is 4.77. The topological polar surface area (TPSA) is 105 Å². The molecule has 0 bridgehead atoms. The molecule has 2 amide bonds. The van der Waals surface area contributed by atoms with Crippen molar-refractivity contribution in [3.8, 4) is 11.5 Å². The monoisotopic (exact) mass is 663 g/mol. The Morgan fingerprint density at radius 3 is 2.24 bits per heavy atom. The second kappa shape index (κ2) is 14.5. The van der Waals surface area contributed by atoms with Crippen LogP contribution in [0.15, 0.2) is 76.1 Å². The van der Waals surface area contributed by atoms with E-state index < -0.39 is 34.3 Å². The van der Waals surface area contributed by atoms with Gasteiger partial charge in [-0.15, -0.1) is 0 Å². The Morgan fingerprint density at radius 1 is 0.976 bits per heavy atom. The Kier molecular flexibility index (Phi) is 11.3. The highest BCUT2D eigenvalue weighted by Crippen LogP contribution is 2.32. The van der Waals surface area contributed by atoms with Crippen molar-refractivity contribution in [2.45, 2.75) is 50.7 Å². The molecule has 0 aliphatic rings. The van der Waals surface area contributed by atoms with Gasteiger partial charge in [0.05, 0.1) is 24.8 Å². The van der Waals surface area contributed by atoms with Crippen LogP contribution in [0.5, 0.6) is 11.5 Å². The number of nitrogens with zero attached hydrogens (tertiary/aromatic N) is 2. The second-order valence-electron chi connectivity index (χ2n) is 9.65. The average molecular weight is 665 g/mol. The number of carbonyl (C=O) groups excluding carboxylic acids is 2. The molecule has 0 unspecified atom stereocenters. The highest BCUT2D eigenvalue weighted by Gasteiger charge is 2.33. The van der Waals surface area contributed by atoms with Crippen molar-refractivity contribution in [3.63, 3.8) is 0 Å². The summed E-state index contributed by atoms with van der Waals surface area (Å²) in [6.07, 6.45) is 0.694. The summed E-state index contributed by atoms with van der Waals surface area (Å²) in [6, 6.07) is 15.0. The first-order chi connectivity index (χ1) is 19.9. The standard InChI is InChI=1S/C30H35BrFN3O6S/c1-6-20(2)33-30(37)21(3)34(18-22-8-7-9-23(31)16-22)29(36)19-35(25-12-10-24(32)11-13-25)42(38,39)26-14-15-27(40-4)28(17-26)41-5/h7-17,20-21H,6,18-19H2,1-5H3,(H,33,37)/t20-,21+/m0/s1. The third-order valence-corrected chi connectivity index (χ3v) is 9.01. The molecule has 0 aliphatic heterocycles. The zero-order valence-corrected chi connectivity index (χ0v) is 26.5. The molecule has 0 radical (unpaired) electrons. The molecular formula is C30H35BrFN3O6S. The molecule has 3 aromatic rings. The number of nitrogens with one attached hydrogen (secondary N) is 1. The molecule has 0 aliphatic carbocycles. The van der Waals surface area contributed by atoms with Gasteiger partial charge in [-0.1, -0.05) is 35.0 Å². The molecule has 1 N–H and O–H groups in total. The van der Waals surface area contributed by atoms with Crippen LogP contribution in [-0.4, -0.2) is 58.0 Å². The summed E-state index contributed by atoms with van der Waals surface area (Å²) in [5.41, 5.74) is 0.802. The molecule has 0 spiro atoms.